The Bertz CT molecular complexity index is 243. The molecule has 15 heavy (non-hydrogen) atoms. The Morgan fingerprint density at radius 3 is 2.80 bits per heavy atom. The molecular weight excluding hydrogens is 188 g/mol. The molecule has 1 aliphatic carbocycles. The van der Waals surface area contributed by atoms with E-state index in [1.807, 2.05) is 6.92 Å². The molecule has 0 radical (unpaired) electrons. The van der Waals surface area contributed by atoms with Crippen molar-refractivity contribution in [1.82, 2.24) is 0 Å². The van der Waals surface area contributed by atoms with E-state index in [9.17, 15) is 4.79 Å². The van der Waals surface area contributed by atoms with Crippen molar-refractivity contribution in [1.29, 1.82) is 0 Å². The summed E-state index contributed by atoms with van der Waals surface area (Å²) in [6.07, 6.45) is 6.63. The van der Waals surface area contributed by atoms with Crippen molar-refractivity contribution < 1.29 is 9.53 Å². The van der Waals surface area contributed by atoms with Gasteiger partial charge in [-0.25, -0.2) is 0 Å². The fourth-order valence-electron chi connectivity index (χ4n) is 3.00. The van der Waals surface area contributed by atoms with E-state index in [4.69, 9.17) is 4.74 Å². The van der Waals surface area contributed by atoms with Crippen LogP contribution >= 0.6 is 0 Å². The zero-order valence-electron chi connectivity index (χ0n) is 9.92. The topological polar surface area (TPSA) is 26.3 Å². The summed E-state index contributed by atoms with van der Waals surface area (Å²) in [6.45, 7) is 4.94. The first-order valence-corrected chi connectivity index (χ1v) is 6.33. The van der Waals surface area contributed by atoms with E-state index in [1.54, 1.807) is 0 Å². The van der Waals surface area contributed by atoms with Gasteiger partial charge in [-0.3, -0.25) is 4.79 Å². The second kappa shape index (κ2) is 4.25. The number of ether oxygens (including phenoxy) is 1. The molecule has 1 spiro atoms. The van der Waals surface area contributed by atoms with E-state index in [-0.39, 0.29) is 11.5 Å². The molecule has 2 aliphatic rings. The minimum atomic E-state index is 0.186. The van der Waals surface area contributed by atoms with E-state index >= 15 is 0 Å². The van der Waals surface area contributed by atoms with Gasteiger partial charge < -0.3 is 4.74 Å². The average Bonchev–Trinajstić information content (AvgIpc) is 2.25. The molecule has 0 N–H and O–H groups in total. The van der Waals surface area contributed by atoms with E-state index < -0.39 is 0 Å². The number of hydrogen-bond donors (Lipinski definition) is 0. The number of Topliss-reactive ketones (excluding diaryl/α,β-unsaturated/α-hetero) is 1. The number of carbonyl (C=O) groups excluding carboxylic acids is 1. The minimum Gasteiger partial charge on any atom is -0.375 e. The Morgan fingerprint density at radius 1 is 1.53 bits per heavy atom. The summed E-state index contributed by atoms with van der Waals surface area (Å²) in [7, 11) is 0. The van der Waals surface area contributed by atoms with Gasteiger partial charge >= 0.3 is 0 Å². The Balaban J connectivity index is 1.94. The molecule has 2 heteroatoms. The third kappa shape index (κ3) is 2.10. The second-order valence-corrected chi connectivity index (χ2v) is 5.25. The van der Waals surface area contributed by atoms with E-state index in [0.717, 1.165) is 19.4 Å². The number of carbonyl (C=O) groups is 1. The largest absolute Gasteiger partial charge is 0.375 e. The summed E-state index contributed by atoms with van der Waals surface area (Å²) in [6, 6.07) is 0. The molecule has 1 aliphatic heterocycles. The van der Waals surface area contributed by atoms with Gasteiger partial charge in [0, 0.05) is 18.9 Å². The van der Waals surface area contributed by atoms with Gasteiger partial charge in [0.2, 0.25) is 0 Å². The van der Waals surface area contributed by atoms with Crippen molar-refractivity contribution in [2.45, 2.75) is 58.0 Å². The van der Waals surface area contributed by atoms with Gasteiger partial charge in [-0.15, -0.1) is 0 Å². The zero-order valence-corrected chi connectivity index (χ0v) is 9.92. The van der Waals surface area contributed by atoms with Crippen LogP contribution < -0.4 is 0 Å². The first-order chi connectivity index (χ1) is 7.17. The molecule has 2 nitrogen and oxygen atoms in total. The average molecular weight is 210 g/mol. The molecule has 0 aromatic carbocycles. The maximum absolute atomic E-state index is 11.7. The van der Waals surface area contributed by atoms with Gasteiger partial charge in [0.25, 0.3) is 0 Å². The van der Waals surface area contributed by atoms with Crippen molar-refractivity contribution in [3.63, 3.8) is 0 Å². The molecular formula is C13H22O2. The molecule has 0 aromatic rings. The van der Waals surface area contributed by atoms with Crippen molar-refractivity contribution in [3.8, 4) is 0 Å². The van der Waals surface area contributed by atoms with Crippen LogP contribution in [-0.2, 0) is 9.53 Å². The first kappa shape index (κ1) is 11.1. The van der Waals surface area contributed by atoms with Crippen molar-refractivity contribution in [2.75, 3.05) is 6.61 Å². The monoisotopic (exact) mass is 210 g/mol. The molecule has 1 heterocycles. The molecule has 2 fully saturated rings. The summed E-state index contributed by atoms with van der Waals surface area (Å²) in [5.74, 6) is 1.25. The lowest BCUT2D eigenvalue weighted by atomic mass is 9.68. The van der Waals surface area contributed by atoms with E-state index in [1.165, 1.54) is 19.3 Å². The van der Waals surface area contributed by atoms with Crippen LogP contribution in [-0.4, -0.2) is 18.0 Å². The summed E-state index contributed by atoms with van der Waals surface area (Å²) < 4.78 is 5.88. The van der Waals surface area contributed by atoms with Gasteiger partial charge in [0.05, 0.1) is 5.60 Å². The molecule has 2 unspecified atom stereocenters. The van der Waals surface area contributed by atoms with Crippen LogP contribution in [0.1, 0.15) is 52.4 Å². The predicted molar refractivity (Wildman–Crippen MR) is 59.7 cm³/mol. The lowest BCUT2D eigenvalue weighted by molar-refractivity contribution is -0.153. The van der Waals surface area contributed by atoms with Crippen LogP contribution in [0.5, 0.6) is 0 Å². The quantitative estimate of drug-likeness (QED) is 0.716. The van der Waals surface area contributed by atoms with Crippen LogP contribution in [0.25, 0.3) is 0 Å². The summed E-state index contributed by atoms with van der Waals surface area (Å²) in [4.78, 5) is 11.7. The standard InChI is InChI=1S/C13H22O2/c1-3-12(14)10(2)11-5-8-15-13(9-11)6-4-7-13/h10-11H,3-9H2,1-2H3. The van der Waals surface area contributed by atoms with Crippen LogP contribution in [0.15, 0.2) is 0 Å². The van der Waals surface area contributed by atoms with Crippen LogP contribution in [0, 0.1) is 11.8 Å². The number of rotatable bonds is 3. The highest BCUT2D eigenvalue weighted by Gasteiger charge is 2.44. The third-order valence-electron chi connectivity index (χ3n) is 4.36. The summed E-state index contributed by atoms with van der Waals surface area (Å²) in [5, 5.41) is 0. The SMILES string of the molecule is CCC(=O)C(C)C1CCOC2(CCC2)C1. The van der Waals surface area contributed by atoms with Crippen LogP contribution in [0.4, 0.5) is 0 Å². The van der Waals surface area contributed by atoms with Crippen LogP contribution in [0.3, 0.4) is 0 Å². The second-order valence-electron chi connectivity index (χ2n) is 5.25. The number of ketones is 1. The van der Waals surface area contributed by atoms with Gasteiger partial charge in [0.1, 0.15) is 5.78 Å². The molecule has 0 bridgehead atoms. The highest BCUT2D eigenvalue weighted by Crippen LogP contribution is 2.46. The molecule has 1 saturated heterocycles. The van der Waals surface area contributed by atoms with Crippen molar-refractivity contribution in [3.05, 3.63) is 0 Å². The molecule has 2 atom stereocenters. The Labute approximate surface area is 92.4 Å². The Kier molecular flexibility index (Phi) is 3.15. The maximum Gasteiger partial charge on any atom is 0.135 e. The number of hydrogen-bond acceptors (Lipinski definition) is 2. The van der Waals surface area contributed by atoms with Crippen molar-refractivity contribution >= 4 is 5.78 Å². The molecule has 1 saturated carbocycles. The lowest BCUT2D eigenvalue weighted by Crippen LogP contribution is -2.47. The highest BCUT2D eigenvalue weighted by atomic mass is 16.5. The van der Waals surface area contributed by atoms with E-state index in [0.29, 0.717) is 18.1 Å². The van der Waals surface area contributed by atoms with Gasteiger partial charge in [0.15, 0.2) is 0 Å². The minimum absolute atomic E-state index is 0.186. The van der Waals surface area contributed by atoms with Gasteiger partial charge in [-0.2, -0.15) is 0 Å². The zero-order chi connectivity index (χ0) is 10.9. The summed E-state index contributed by atoms with van der Waals surface area (Å²) in [5.41, 5.74) is 0.186. The lowest BCUT2D eigenvalue weighted by Gasteiger charge is -2.48. The normalized spacial score (nSPS) is 30.9. The fraction of sp³-hybridized carbons (Fsp3) is 0.923. The van der Waals surface area contributed by atoms with E-state index in [2.05, 4.69) is 6.92 Å². The van der Waals surface area contributed by atoms with Crippen molar-refractivity contribution in [2.24, 2.45) is 11.8 Å². The predicted octanol–water partition coefficient (Wildman–Crippen LogP) is 2.95. The Hall–Kier alpha value is -0.370. The smallest absolute Gasteiger partial charge is 0.135 e. The third-order valence-corrected chi connectivity index (χ3v) is 4.36. The maximum atomic E-state index is 11.7. The molecule has 86 valence electrons. The molecule has 0 amide bonds. The molecule has 0 aromatic heterocycles. The fourth-order valence-corrected chi connectivity index (χ4v) is 3.00. The van der Waals surface area contributed by atoms with Crippen LogP contribution in [0.2, 0.25) is 0 Å². The Morgan fingerprint density at radius 2 is 2.27 bits per heavy atom. The summed E-state index contributed by atoms with van der Waals surface area (Å²) >= 11 is 0. The highest BCUT2D eigenvalue weighted by molar-refractivity contribution is 5.80. The van der Waals surface area contributed by atoms with Gasteiger partial charge in [-0.1, -0.05) is 13.8 Å². The molecule has 2 rings (SSSR count). The van der Waals surface area contributed by atoms with Gasteiger partial charge in [-0.05, 0) is 38.0 Å². The first-order valence-electron chi connectivity index (χ1n) is 6.33.